The molecule has 4 heteroatoms. The van der Waals surface area contributed by atoms with Gasteiger partial charge in [-0.2, -0.15) is 0 Å². The minimum Gasteiger partial charge on any atom is -0.478 e. The molecule has 0 bridgehead atoms. The van der Waals surface area contributed by atoms with Gasteiger partial charge in [-0.05, 0) is 86.1 Å². The van der Waals surface area contributed by atoms with Crippen LogP contribution in [0.2, 0.25) is 0 Å². The lowest BCUT2D eigenvalue weighted by molar-refractivity contribution is 0.0697. The van der Waals surface area contributed by atoms with Crippen LogP contribution in [0.3, 0.4) is 0 Å². The largest absolute Gasteiger partial charge is 0.478 e. The predicted molar refractivity (Wildman–Crippen MR) is 126 cm³/mol. The second-order valence-electron chi connectivity index (χ2n) is 9.81. The molecule has 1 N–H and O–H groups in total. The van der Waals surface area contributed by atoms with Crippen molar-refractivity contribution in [3.63, 3.8) is 0 Å². The average molecular weight is 409 g/mol. The molecule has 1 aliphatic heterocycles. The van der Waals surface area contributed by atoms with Crippen molar-refractivity contribution in [1.29, 1.82) is 0 Å². The van der Waals surface area contributed by atoms with Crippen molar-refractivity contribution < 1.29 is 9.90 Å². The normalized spacial score (nSPS) is 15.4. The zero-order chi connectivity index (χ0) is 22.1. The average Bonchev–Trinajstić information content (AvgIpc) is 2.68. The summed E-state index contributed by atoms with van der Waals surface area (Å²) in [7, 11) is 0. The molecule has 0 saturated carbocycles. The Morgan fingerprint density at radius 2 is 1.70 bits per heavy atom. The lowest BCUT2D eigenvalue weighted by Crippen LogP contribution is -2.41. The van der Waals surface area contributed by atoms with E-state index in [9.17, 15) is 9.90 Å². The number of carbonyl (C=O) groups is 1. The highest BCUT2D eigenvalue weighted by Gasteiger charge is 2.32. The first-order chi connectivity index (χ1) is 14.1. The summed E-state index contributed by atoms with van der Waals surface area (Å²) in [6, 6.07) is 14.6. The van der Waals surface area contributed by atoms with Gasteiger partial charge >= 0.3 is 5.97 Å². The molecule has 0 aromatic heterocycles. The van der Waals surface area contributed by atoms with Crippen molar-refractivity contribution in [2.24, 2.45) is 5.92 Å². The highest BCUT2D eigenvalue weighted by molar-refractivity contribution is 5.88. The molecule has 2 aromatic rings. The van der Waals surface area contributed by atoms with Gasteiger partial charge in [0.15, 0.2) is 0 Å². The molecule has 0 spiro atoms. The monoisotopic (exact) mass is 408 g/mol. The standard InChI is InChI=1S/C26H36N2O2/c1-18(2)13-15-28(21-9-7-20(8-10-21)25(29)30)22-11-12-24-23(17-22)26(5,6)14-16-27(24)19(3)4/h7-12,17-19H,13-16H2,1-6H3,(H,29,30). The summed E-state index contributed by atoms with van der Waals surface area (Å²) < 4.78 is 0. The van der Waals surface area contributed by atoms with Crippen LogP contribution in [-0.4, -0.2) is 30.2 Å². The van der Waals surface area contributed by atoms with E-state index >= 15 is 0 Å². The molecule has 4 nitrogen and oxygen atoms in total. The summed E-state index contributed by atoms with van der Waals surface area (Å²) in [5.74, 6) is -0.295. The van der Waals surface area contributed by atoms with Gasteiger partial charge in [0, 0.05) is 36.2 Å². The Balaban J connectivity index is 2.04. The Morgan fingerprint density at radius 1 is 1.07 bits per heavy atom. The van der Waals surface area contributed by atoms with Gasteiger partial charge in [-0.25, -0.2) is 4.79 Å². The van der Waals surface area contributed by atoms with Crippen molar-refractivity contribution in [2.75, 3.05) is 22.9 Å². The van der Waals surface area contributed by atoms with Crippen molar-refractivity contribution in [2.45, 2.75) is 65.8 Å². The number of hydrogen-bond acceptors (Lipinski definition) is 3. The van der Waals surface area contributed by atoms with E-state index in [1.807, 2.05) is 12.1 Å². The fourth-order valence-corrected chi connectivity index (χ4v) is 4.25. The second kappa shape index (κ2) is 8.71. The van der Waals surface area contributed by atoms with Gasteiger partial charge in [-0.15, -0.1) is 0 Å². The third kappa shape index (κ3) is 4.63. The molecule has 0 aliphatic carbocycles. The molecule has 0 atom stereocenters. The molecule has 1 heterocycles. The molecular formula is C26H36N2O2. The maximum atomic E-state index is 11.3. The zero-order valence-electron chi connectivity index (χ0n) is 19.3. The van der Waals surface area contributed by atoms with Crippen LogP contribution in [0.5, 0.6) is 0 Å². The molecule has 1 aliphatic rings. The molecule has 0 amide bonds. The van der Waals surface area contributed by atoms with Crippen molar-refractivity contribution in [1.82, 2.24) is 0 Å². The first-order valence-corrected chi connectivity index (χ1v) is 11.1. The highest BCUT2D eigenvalue weighted by Crippen LogP contribution is 2.43. The van der Waals surface area contributed by atoms with Crippen molar-refractivity contribution >= 4 is 23.0 Å². The third-order valence-electron chi connectivity index (χ3n) is 6.29. The molecular weight excluding hydrogens is 372 g/mol. The van der Waals surface area contributed by atoms with E-state index in [0.717, 1.165) is 31.6 Å². The number of rotatable bonds is 7. The summed E-state index contributed by atoms with van der Waals surface area (Å²) >= 11 is 0. The van der Waals surface area contributed by atoms with Crippen molar-refractivity contribution in [3.8, 4) is 0 Å². The Bertz CT molecular complexity index is 884. The Kier molecular flexibility index (Phi) is 6.44. The summed E-state index contributed by atoms with van der Waals surface area (Å²) in [6.45, 7) is 15.7. The Hall–Kier alpha value is -2.49. The second-order valence-corrected chi connectivity index (χ2v) is 9.81. The molecule has 0 radical (unpaired) electrons. The van der Waals surface area contributed by atoms with Gasteiger partial charge in [-0.1, -0.05) is 27.7 Å². The number of anilines is 3. The number of carboxylic acid groups (broad SMARTS) is 1. The summed E-state index contributed by atoms with van der Waals surface area (Å²) in [6.07, 6.45) is 2.21. The summed E-state index contributed by atoms with van der Waals surface area (Å²) in [5.41, 5.74) is 5.41. The van der Waals surface area contributed by atoms with Gasteiger partial charge in [0.05, 0.1) is 5.56 Å². The number of fused-ring (bicyclic) bond motifs is 1. The minimum atomic E-state index is -0.889. The molecule has 0 unspecified atom stereocenters. The van der Waals surface area contributed by atoms with E-state index in [-0.39, 0.29) is 5.41 Å². The smallest absolute Gasteiger partial charge is 0.335 e. The first kappa shape index (κ1) is 22.2. The van der Waals surface area contributed by atoms with E-state index in [1.165, 1.54) is 16.9 Å². The van der Waals surface area contributed by atoms with Crippen LogP contribution in [0.25, 0.3) is 0 Å². The van der Waals surface area contributed by atoms with Crippen molar-refractivity contribution in [3.05, 3.63) is 53.6 Å². The highest BCUT2D eigenvalue weighted by atomic mass is 16.4. The van der Waals surface area contributed by atoms with Gasteiger partial charge < -0.3 is 14.9 Å². The molecule has 3 rings (SSSR count). The van der Waals surface area contributed by atoms with Gasteiger partial charge in [0.1, 0.15) is 0 Å². The zero-order valence-corrected chi connectivity index (χ0v) is 19.3. The first-order valence-electron chi connectivity index (χ1n) is 11.1. The fourth-order valence-electron chi connectivity index (χ4n) is 4.25. The topological polar surface area (TPSA) is 43.8 Å². The fraction of sp³-hybridized carbons (Fsp3) is 0.500. The SMILES string of the molecule is CC(C)CCN(c1ccc(C(=O)O)cc1)c1ccc2c(c1)C(C)(C)CCN2C(C)C. The van der Waals surface area contributed by atoms with Crippen LogP contribution in [0.4, 0.5) is 17.1 Å². The molecule has 162 valence electrons. The Labute approximate surface area is 181 Å². The maximum absolute atomic E-state index is 11.3. The summed E-state index contributed by atoms with van der Waals surface area (Å²) in [4.78, 5) is 16.1. The molecule has 2 aromatic carbocycles. The van der Waals surface area contributed by atoms with Crippen LogP contribution in [0.15, 0.2) is 42.5 Å². The summed E-state index contributed by atoms with van der Waals surface area (Å²) in [5, 5.41) is 9.25. The van der Waals surface area contributed by atoms with E-state index in [1.54, 1.807) is 12.1 Å². The number of aromatic carboxylic acids is 1. The van der Waals surface area contributed by atoms with E-state index in [2.05, 4.69) is 69.5 Å². The van der Waals surface area contributed by atoms with E-state index in [0.29, 0.717) is 17.5 Å². The Morgan fingerprint density at radius 3 is 2.27 bits per heavy atom. The lowest BCUT2D eigenvalue weighted by atomic mass is 9.77. The van der Waals surface area contributed by atoms with Crippen LogP contribution in [0.1, 0.15) is 70.3 Å². The van der Waals surface area contributed by atoms with E-state index < -0.39 is 5.97 Å². The number of carboxylic acids is 1. The van der Waals surface area contributed by atoms with Crippen LogP contribution in [0, 0.1) is 5.92 Å². The molecule has 30 heavy (non-hydrogen) atoms. The maximum Gasteiger partial charge on any atom is 0.335 e. The van der Waals surface area contributed by atoms with Gasteiger partial charge in [-0.3, -0.25) is 0 Å². The van der Waals surface area contributed by atoms with Crippen LogP contribution in [-0.2, 0) is 5.41 Å². The lowest BCUT2D eigenvalue weighted by Gasteiger charge is -2.43. The van der Waals surface area contributed by atoms with Crippen LogP contribution < -0.4 is 9.80 Å². The van der Waals surface area contributed by atoms with Gasteiger partial charge in [0.2, 0.25) is 0 Å². The molecule has 0 fully saturated rings. The quantitative estimate of drug-likeness (QED) is 0.570. The predicted octanol–water partition coefficient (Wildman–Crippen LogP) is 6.47. The molecule has 0 saturated heterocycles. The minimum absolute atomic E-state index is 0.133. The number of nitrogens with zero attached hydrogens (tertiary/aromatic N) is 2. The van der Waals surface area contributed by atoms with Gasteiger partial charge in [0.25, 0.3) is 0 Å². The van der Waals surface area contributed by atoms with Crippen LogP contribution >= 0.6 is 0 Å². The number of benzene rings is 2. The third-order valence-corrected chi connectivity index (χ3v) is 6.29. The number of hydrogen-bond donors (Lipinski definition) is 1. The van der Waals surface area contributed by atoms with E-state index in [4.69, 9.17) is 0 Å².